The minimum absolute atomic E-state index is 0.120. The summed E-state index contributed by atoms with van der Waals surface area (Å²) in [6, 6.07) is 5.21. The Labute approximate surface area is 125 Å². The number of nitrogens with zero attached hydrogens (tertiary/aromatic N) is 2. The van der Waals surface area contributed by atoms with E-state index in [9.17, 15) is 5.11 Å². The van der Waals surface area contributed by atoms with Gasteiger partial charge in [-0.15, -0.1) is 0 Å². The molecule has 0 aliphatic heterocycles. The number of methoxy groups -OCH3 is 1. The van der Waals surface area contributed by atoms with Crippen LogP contribution < -0.4 is 0 Å². The van der Waals surface area contributed by atoms with Crippen LogP contribution in [0.25, 0.3) is 11.5 Å². The van der Waals surface area contributed by atoms with Gasteiger partial charge in [0.1, 0.15) is 11.9 Å². The first kappa shape index (κ1) is 14.3. The average molecular weight is 374 g/mol. The molecule has 0 amide bonds. The monoisotopic (exact) mass is 374 g/mol. The number of aromatic nitrogens is 2. The van der Waals surface area contributed by atoms with Crippen molar-refractivity contribution in [2.24, 2.45) is 5.92 Å². The minimum Gasteiger partial charge on any atom is -0.507 e. The maximum atomic E-state index is 9.84. The largest absolute Gasteiger partial charge is 0.507 e. The highest BCUT2D eigenvalue weighted by Gasteiger charge is 2.22. The van der Waals surface area contributed by atoms with E-state index in [4.69, 9.17) is 9.26 Å². The van der Waals surface area contributed by atoms with Crippen LogP contribution in [0.15, 0.2) is 22.7 Å². The molecular weight excluding hydrogens is 359 g/mol. The van der Waals surface area contributed by atoms with Gasteiger partial charge in [-0.2, -0.15) is 4.98 Å². The van der Waals surface area contributed by atoms with Crippen LogP contribution >= 0.6 is 22.6 Å². The fraction of sp³-hybridized carbons (Fsp3) is 0.385. The lowest BCUT2D eigenvalue weighted by atomic mass is 10.1. The first-order chi connectivity index (χ1) is 9.02. The lowest BCUT2D eigenvalue weighted by molar-refractivity contribution is 0.0556. The molecule has 1 atom stereocenters. The van der Waals surface area contributed by atoms with Gasteiger partial charge in [0.2, 0.25) is 5.82 Å². The van der Waals surface area contributed by atoms with Crippen LogP contribution in [-0.4, -0.2) is 22.4 Å². The predicted molar refractivity (Wildman–Crippen MR) is 78.7 cm³/mol. The Morgan fingerprint density at radius 2 is 2.11 bits per heavy atom. The van der Waals surface area contributed by atoms with E-state index in [1.54, 1.807) is 19.2 Å². The van der Waals surface area contributed by atoms with E-state index in [1.807, 2.05) is 19.9 Å². The quantitative estimate of drug-likeness (QED) is 0.831. The molecule has 0 aliphatic carbocycles. The van der Waals surface area contributed by atoms with E-state index in [-0.39, 0.29) is 17.8 Å². The number of aromatic hydroxyl groups is 1. The van der Waals surface area contributed by atoms with Crippen LogP contribution in [0, 0.1) is 9.49 Å². The molecular formula is C13H15IN2O3. The van der Waals surface area contributed by atoms with Gasteiger partial charge in [0.25, 0.3) is 5.89 Å². The van der Waals surface area contributed by atoms with Crippen LogP contribution in [0.2, 0.25) is 0 Å². The second-order valence-electron chi connectivity index (χ2n) is 4.52. The zero-order valence-electron chi connectivity index (χ0n) is 10.9. The summed E-state index contributed by atoms with van der Waals surface area (Å²) < 4.78 is 11.6. The fourth-order valence-corrected chi connectivity index (χ4v) is 2.31. The lowest BCUT2D eigenvalue weighted by Gasteiger charge is -2.14. The summed E-state index contributed by atoms with van der Waals surface area (Å²) in [4.78, 5) is 4.31. The molecule has 1 N–H and O–H groups in total. The SMILES string of the molecule is COC(c1noc(-c2cc(I)ccc2O)n1)C(C)C. The van der Waals surface area contributed by atoms with Crippen LogP contribution in [0.3, 0.4) is 0 Å². The summed E-state index contributed by atoms with van der Waals surface area (Å²) in [6.07, 6.45) is -0.220. The number of ether oxygens (including phenoxy) is 1. The standard InChI is InChI=1S/C13H15IN2O3/c1-7(2)11(18-3)12-15-13(19-16-12)9-6-8(14)4-5-10(9)17/h4-7,11,17H,1-3H3. The van der Waals surface area contributed by atoms with E-state index in [0.29, 0.717) is 17.3 Å². The topological polar surface area (TPSA) is 68.4 Å². The van der Waals surface area contributed by atoms with Gasteiger partial charge in [-0.05, 0) is 46.7 Å². The van der Waals surface area contributed by atoms with E-state index < -0.39 is 0 Å². The second kappa shape index (κ2) is 5.87. The van der Waals surface area contributed by atoms with Crippen molar-refractivity contribution in [1.82, 2.24) is 10.1 Å². The Morgan fingerprint density at radius 1 is 1.37 bits per heavy atom. The molecule has 102 valence electrons. The van der Waals surface area contributed by atoms with E-state index in [2.05, 4.69) is 32.7 Å². The van der Waals surface area contributed by atoms with Gasteiger partial charge >= 0.3 is 0 Å². The van der Waals surface area contributed by atoms with Crippen LogP contribution in [0.5, 0.6) is 5.75 Å². The number of phenolic OH excluding ortho intramolecular Hbond substituents is 1. The van der Waals surface area contributed by atoms with Gasteiger partial charge < -0.3 is 14.4 Å². The zero-order chi connectivity index (χ0) is 14.0. The Hall–Kier alpha value is -1.15. The normalized spacial score (nSPS) is 12.9. The number of halogens is 1. The van der Waals surface area contributed by atoms with Crippen molar-refractivity contribution in [3.05, 3.63) is 27.6 Å². The van der Waals surface area contributed by atoms with Crippen LogP contribution in [0.4, 0.5) is 0 Å². The molecule has 0 saturated carbocycles. The maximum absolute atomic E-state index is 9.84. The summed E-state index contributed by atoms with van der Waals surface area (Å²) in [5.74, 6) is 1.15. The first-order valence-corrected chi connectivity index (χ1v) is 6.96. The van der Waals surface area contributed by atoms with Crippen LogP contribution in [-0.2, 0) is 4.74 Å². The number of hydrogen-bond acceptors (Lipinski definition) is 5. The van der Waals surface area contributed by atoms with Gasteiger partial charge in [-0.3, -0.25) is 0 Å². The molecule has 1 heterocycles. The zero-order valence-corrected chi connectivity index (χ0v) is 13.1. The van der Waals surface area contributed by atoms with Crippen molar-refractivity contribution in [2.45, 2.75) is 20.0 Å². The van der Waals surface area contributed by atoms with Crippen molar-refractivity contribution in [2.75, 3.05) is 7.11 Å². The third-order valence-electron chi connectivity index (χ3n) is 2.74. The molecule has 0 saturated heterocycles. The van der Waals surface area contributed by atoms with Gasteiger partial charge in [-0.25, -0.2) is 0 Å². The van der Waals surface area contributed by atoms with E-state index in [0.717, 1.165) is 3.57 Å². The molecule has 19 heavy (non-hydrogen) atoms. The maximum Gasteiger partial charge on any atom is 0.261 e. The molecule has 2 rings (SSSR count). The van der Waals surface area contributed by atoms with E-state index >= 15 is 0 Å². The molecule has 0 radical (unpaired) electrons. The third-order valence-corrected chi connectivity index (χ3v) is 3.42. The van der Waals surface area contributed by atoms with Crippen molar-refractivity contribution in [3.63, 3.8) is 0 Å². The summed E-state index contributed by atoms with van der Waals surface area (Å²) in [7, 11) is 1.61. The number of phenols is 1. The van der Waals surface area contributed by atoms with Crippen molar-refractivity contribution < 1.29 is 14.4 Å². The van der Waals surface area contributed by atoms with Gasteiger partial charge in [0, 0.05) is 10.7 Å². The Morgan fingerprint density at radius 3 is 2.74 bits per heavy atom. The van der Waals surface area contributed by atoms with Crippen LogP contribution in [0.1, 0.15) is 25.8 Å². The molecule has 1 aromatic carbocycles. The summed E-state index contributed by atoms with van der Waals surface area (Å²) in [6.45, 7) is 4.04. The van der Waals surface area contributed by atoms with Crippen molar-refractivity contribution in [3.8, 4) is 17.2 Å². The molecule has 2 aromatic rings. The van der Waals surface area contributed by atoms with Gasteiger partial charge in [-0.1, -0.05) is 19.0 Å². The fourth-order valence-electron chi connectivity index (χ4n) is 1.82. The van der Waals surface area contributed by atoms with Gasteiger partial charge in [0.05, 0.1) is 5.56 Å². The highest BCUT2D eigenvalue weighted by atomic mass is 127. The molecule has 6 heteroatoms. The molecule has 1 aromatic heterocycles. The third kappa shape index (κ3) is 3.06. The van der Waals surface area contributed by atoms with E-state index in [1.165, 1.54) is 0 Å². The lowest BCUT2D eigenvalue weighted by Crippen LogP contribution is -2.10. The minimum atomic E-state index is -0.220. The average Bonchev–Trinajstić information content (AvgIpc) is 2.82. The first-order valence-electron chi connectivity index (χ1n) is 5.88. The molecule has 0 bridgehead atoms. The number of hydrogen-bond donors (Lipinski definition) is 1. The predicted octanol–water partition coefficient (Wildman–Crippen LogP) is 3.39. The second-order valence-corrected chi connectivity index (χ2v) is 5.77. The Balaban J connectivity index is 2.38. The highest BCUT2D eigenvalue weighted by molar-refractivity contribution is 14.1. The summed E-state index contributed by atoms with van der Waals surface area (Å²) in [5, 5.41) is 13.8. The van der Waals surface area contributed by atoms with Gasteiger partial charge in [0.15, 0.2) is 0 Å². The molecule has 0 aliphatic rings. The Kier molecular flexibility index (Phi) is 4.41. The number of benzene rings is 1. The van der Waals surface area contributed by atoms with Crippen molar-refractivity contribution >= 4 is 22.6 Å². The molecule has 1 unspecified atom stereocenters. The highest BCUT2D eigenvalue weighted by Crippen LogP contribution is 2.31. The summed E-state index contributed by atoms with van der Waals surface area (Å²) >= 11 is 2.16. The number of rotatable bonds is 4. The summed E-state index contributed by atoms with van der Waals surface area (Å²) in [5.41, 5.74) is 0.532. The molecule has 0 fully saturated rings. The van der Waals surface area contributed by atoms with Crippen molar-refractivity contribution in [1.29, 1.82) is 0 Å². The smallest absolute Gasteiger partial charge is 0.261 e. The molecule has 5 nitrogen and oxygen atoms in total. The Bertz CT molecular complexity index is 569. The molecule has 0 spiro atoms.